The average Bonchev–Trinajstić information content (AvgIpc) is 3.53. The number of para-hydroxylation sites is 1. The van der Waals surface area contributed by atoms with E-state index >= 15 is 0 Å². The largest absolute Gasteiger partial charge is 0.396 e. The highest BCUT2D eigenvalue weighted by molar-refractivity contribution is 8.02. The van der Waals surface area contributed by atoms with Gasteiger partial charge in [0, 0.05) is 38.0 Å². The molecule has 3 heterocycles. The number of likely N-dealkylation sites (tertiary alicyclic amines) is 1. The van der Waals surface area contributed by atoms with E-state index in [0.29, 0.717) is 36.6 Å². The number of halogens is 1. The van der Waals surface area contributed by atoms with Crippen molar-refractivity contribution in [1.82, 2.24) is 9.80 Å². The van der Waals surface area contributed by atoms with Crippen LogP contribution in [0.15, 0.2) is 49.6 Å². The predicted octanol–water partition coefficient (Wildman–Crippen LogP) is 3.76. The number of aliphatic hydroxyl groups is 1. The fourth-order valence-corrected chi connectivity index (χ4v) is 8.82. The second kappa shape index (κ2) is 11.6. The van der Waals surface area contributed by atoms with Crippen LogP contribution in [0.4, 0.5) is 5.69 Å². The maximum Gasteiger partial charge on any atom is 0.251 e. The highest BCUT2D eigenvalue weighted by Crippen LogP contribution is 2.66. The van der Waals surface area contributed by atoms with Gasteiger partial charge in [0.05, 0.1) is 27.3 Å². The van der Waals surface area contributed by atoms with Gasteiger partial charge in [-0.1, -0.05) is 42.8 Å². The average molecular weight is 546 g/mol. The van der Waals surface area contributed by atoms with Gasteiger partial charge in [-0.15, -0.1) is 24.9 Å². The van der Waals surface area contributed by atoms with Crippen LogP contribution in [0.2, 0.25) is 5.02 Å². The number of rotatable bonds is 12. The topological polar surface area (TPSA) is 81.2 Å². The van der Waals surface area contributed by atoms with Crippen LogP contribution in [0.5, 0.6) is 0 Å². The van der Waals surface area contributed by atoms with E-state index in [1.54, 1.807) is 56.8 Å². The molecule has 1 aromatic carbocycles. The van der Waals surface area contributed by atoms with Crippen molar-refractivity contribution in [1.29, 1.82) is 0 Å². The number of thioether (sulfide) groups is 1. The summed E-state index contributed by atoms with van der Waals surface area (Å²) < 4.78 is -0.693. The summed E-state index contributed by atoms with van der Waals surface area (Å²) in [6.07, 6.45) is 6.01. The second-order valence-electron chi connectivity index (χ2n) is 9.93. The number of hydrogen-bond acceptors (Lipinski definition) is 5. The summed E-state index contributed by atoms with van der Waals surface area (Å²) in [5.74, 6) is -1.45. The highest BCUT2D eigenvalue weighted by atomic mass is 35.5. The van der Waals surface area contributed by atoms with Gasteiger partial charge in [-0.3, -0.25) is 14.4 Å². The highest BCUT2D eigenvalue weighted by Gasteiger charge is 2.74. The first kappa shape index (κ1) is 27.7. The van der Waals surface area contributed by atoms with Crippen molar-refractivity contribution in [3.8, 4) is 0 Å². The summed E-state index contributed by atoms with van der Waals surface area (Å²) in [6.45, 7) is 11.1. The Balaban J connectivity index is 1.76. The molecule has 2 unspecified atom stereocenters. The quantitative estimate of drug-likeness (QED) is 0.405. The lowest BCUT2D eigenvalue weighted by atomic mass is 9.70. The monoisotopic (exact) mass is 545 g/mol. The number of carbonyl (C=O) groups excluding carboxylic acids is 3. The Hall–Kier alpha value is -2.29. The summed E-state index contributed by atoms with van der Waals surface area (Å²) in [5, 5.41) is 10.0. The molecule has 1 aromatic rings. The van der Waals surface area contributed by atoms with Crippen molar-refractivity contribution >= 4 is 46.8 Å². The van der Waals surface area contributed by atoms with Gasteiger partial charge >= 0.3 is 0 Å². The molecular weight excluding hydrogens is 510 g/mol. The van der Waals surface area contributed by atoms with Gasteiger partial charge in [-0.25, -0.2) is 0 Å². The Bertz CT molecular complexity index is 1070. The molecule has 0 saturated carbocycles. The van der Waals surface area contributed by atoms with Gasteiger partial charge in [-0.05, 0) is 37.8 Å². The van der Waals surface area contributed by atoms with Crippen molar-refractivity contribution in [2.24, 2.45) is 11.8 Å². The van der Waals surface area contributed by atoms with Gasteiger partial charge in [0.1, 0.15) is 6.04 Å². The van der Waals surface area contributed by atoms with Gasteiger partial charge < -0.3 is 19.8 Å². The van der Waals surface area contributed by atoms with E-state index < -0.39 is 22.6 Å². The Morgan fingerprint density at radius 2 is 1.97 bits per heavy atom. The van der Waals surface area contributed by atoms with Crippen LogP contribution < -0.4 is 4.90 Å². The van der Waals surface area contributed by atoms with Crippen LogP contribution in [0.1, 0.15) is 32.6 Å². The number of anilines is 1. The van der Waals surface area contributed by atoms with E-state index in [-0.39, 0.29) is 42.7 Å². The zero-order valence-electron chi connectivity index (χ0n) is 21.4. The molecule has 37 heavy (non-hydrogen) atoms. The van der Waals surface area contributed by atoms with Crippen LogP contribution in [0, 0.1) is 11.8 Å². The summed E-state index contributed by atoms with van der Waals surface area (Å²) in [7, 11) is 0. The molecule has 0 radical (unpaired) electrons. The lowest BCUT2D eigenvalue weighted by molar-refractivity contribution is -0.144. The first-order chi connectivity index (χ1) is 17.9. The van der Waals surface area contributed by atoms with Gasteiger partial charge in [0.15, 0.2) is 0 Å². The molecule has 9 heteroatoms. The van der Waals surface area contributed by atoms with E-state index in [2.05, 4.69) is 13.2 Å². The number of fused-ring (bicyclic) bond motifs is 1. The third kappa shape index (κ3) is 4.72. The molecule has 200 valence electrons. The first-order valence-corrected chi connectivity index (χ1v) is 14.3. The molecule has 0 aromatic heterocycles. The fourth-order valence-electron chi connectivity index (χ4n) is 6.38. The zero-order valence-corrected chi connectivity index (χ0v) is 22.9. The van der Waals surface area contributed by atoms with Crippen molar-refractivity contribution in [3.05, 3.63) is 54.6 Å². The fraction of sp³-hybridized carbons (Fsp3) is 0.536. The zero-order chi connectivity index (χ0) is 26.7. The molecule has 0 aliphatic carbocycles. The summed E-state index contributed by atoms with van der Waals surface area (Å²) in [6, 6.07) is 6.40. The van der Waals surface area contributed by atoms with E-state index in [0.717, 1.165) is 12.8 Å². The summed E-state index contributed by atoms with van der Waals surface area (Å²) in [5.41, 5.74) is 0.564. The standard InChI is InChI=1S/C28H36ClN3O4S/c1-4-14-30(15-5-2)25(34)22-21-12-13-28(37-21)23(22)26(35)32(17-9-18-33)24(28)27(36)31(16-6-3)20-11-8-7-10-19(20)29/h4,6-8,10-11,21-24,33H,1,3,5,9,12-18H2,2H3/t21-,22+,23+,24?,28?/m1/s1. The summed E-state index contributed by atoms with van der Waals surface area (Å²) >= 11 is 8.14. The minimum atomic E-state index is -0.750. The van der Waals surface area contributed by atoms with Gasteiger partial charge in [0.2, 0.25) is 11.8 Å². The first-order valence-electron chi connectivity index (χ1n) is 13.0. The molecule has 5 atom stereocenters. The molecule has 2 bridgehead atoms. The van der Waals surface area contributed by atoms with Crippen LogP contribution >= 0.6 is 23.4 Å². The molecule has 1 N–H and O–H groups in total. The Morgan fingerprint density at radius 3 is 2.62 bits per heavy atom. The molecule has 3 amide bonds. The van der Waals surface area contributed by atoms with E-state index in [4.69, 9.17) is 11.6 Å². The van der Waals surface area contributed by atoms with Crippen molar-refractivity contribution in [3.63, 3.8) is 0 Å². The number of aliphatic hydroxyl groups excluding tert-OH is 1. The maximum absolute atomic E-state index is 14.4. The molecule has 3 aliphatic heterocycles. The van der Waals surface area contributed by atoms with Gasteiger partial charge in [-0.2, -0.15) is 0 Å². The molecule has 7 nitrogen and oxygen atoms in total. The minimum Gasteiger partial charge on any atom is -0.396 e. The Labute approximate surface area is 228 Å². The molecule has 3 fully saturated rings. The predicted molar refractivity (Wildman–Crippen MR) is 149 cm³/mol. The normalized spacial score (nSPS) is 27.8. The Morgan fingerprint density at radius 1 is 1.24 bits per heavy atom. The molecule has 4 rings (SSSR count). The number of hydrogen-bond donors (Lipinski definition) is 1. The van der Waals surface area contributed by atoms with E-state index in [1.807, 2.05) is 13.0 Å². The minimum absolute atomic E-state index is 0.00548. The molecule has 3 aliphatic rings. The third-order valence-corrected chi connectivity index (χ3v) is 10.0. The lowest BCUT2D eigenvalue weighted by Gasteiger charge is -2.37. The van der Waals surface area contributed by atoms with Gasteiger partial charge in [0.25, 0.3) is 5.91 Å². The summed E-state index contributed by atoms with van der Waals surface area (Å²) in [4.78, 5) is 47.3. The van der Waals surface area contributed by atoms with Crippen LogP contribution in [-0.4, -0.2) is 81.5 Å². The van der Waals surface area contributed by atoms with Crippen LogP contribution in [-0.2, 0) is 14.4 Å². The lowest BCUT2D eigenvalue weighted by Crippen LogP contribution is -2.55. The van der Waals surface area contributed by atoms with Crippen LogP contribution in [0.25, 0.3) is 0 Å². The second-order valence-corrected chi connectivity index (χ2v) is 11.9. The number of amides is 3. The number of carbonyl (C=O) groups is 3. The molecule has 1 spiro atoms. The van der Waals surface area contributed by atoms with Crippen molar-refractivity contribution in [2.45, 2.75) is 48.6 Å². The van der Waals surface area contributed by atoms with E-state index in [1.165, 1.54) is 0 Å². The van der Waals surface area contributed by atoms with Crippen molar-refractivity contribution < 1.29 is 19.5 Å². The Kier molecular flexibility index (Phi) is 8.71. The molecular formula is C28H36ClN3O4S. The van der Waals surface area contributed by atoms with E-state index in [9.17, 15) is 19.5 Å². The SMILES string of the molecule is C=CCN(CCC)C(=O)[C@@H]1[C@H]2C(=O)N(CCCO)C(C(=O)N(CC=C)c3ccccc3Cl)C23CC[C@H]1S3. The third-order valence-electron chi connectivity index (χ3n) is 7.75. The van der Waals surface area contributed by atoms with Crippen LogP contribution in [0.3, 0.4) is 0 Å². The number of nitrogens with zero attached hydrogens (tertiary/aromatic N) is 3. The van der Waals surface area contributed by atoms with Crippen molar-refractivity contribution in [2.75, 3.05) is 37.7 Å². The maximum atomic E-state index is 14.4. The smallest absolute Gasteiger partial charge is 0.251 e. The number of benzene rings is 1. The molecule has 3 saturated heterocycles.